The van der Waals surface area contributed by atoms with Gasteiger partial charge in [-0.15, -0.1) is 0 Å². The third-order valence-electron chi connectivity index (χ3n) is 6.68. The number of ether oxygens (including phenoxy) is 2. The van der Waals surface area contributed by atoms with Gasteiger partial charge in [-0.1, -0.05) is 11.6 Å². The summed E-state index contributed by atoms with van der Waals surface area (Å²) >= 11 is 5.91. The molecule has 1 saturated heterocycles. The second-order valence-electron chi connectivity index (χ2n) is 9.43. The van der Waals surface area contributed by atoms with E-state index in [0.29, 0.717) is 66.4 Å². The number of hydrogen-bond acceptors (Lipinski definition) is 5. The molecule has 38 heavy (non-hydrogen) atoms. The lowest BCUT2D eigenvalue weighted by Crippen LogP contribution is -2.51. The van der Waals surface area contributed by atoms with Crippen molar-refractivity contribution in [2.45, 2.75) is 13.5 Å². The molecule has 0 unspecified atom stereocenters. The summed E-state index contributed by atoms with van der Waals surface area (Å²) in [5, 5.41) is 9.16. The molecule has 1 aliphatic rings. The van der Waals surface area contributed by atoms with Crippen molar-refractivity contribution < 1.29 is 19.1 Å². The summed E-state index contributed by atoms with van der Waals surface area (Å²) in [7, 11) is 1.60. The van der Waals surface area contributed by atoms with Crippen LogP contribution in [-0.4, -0.2) is 59.8 Å². The summed E-state index contributed by atoms with van der Waals surface area (Å²) in [5.41, 5.74) is 3.02. The predicted octanol–water partition coefficient (Wildman–Crippen LogP) is 4.94. The van der Waals surface area contributed by atoms with Gasteiger partial charge in [0.25, 0.3) is 11.8 Å². The average Bonchev–Trinajstić information content (AvgIpc) is 3.31. The molecule has 9 heteroatoms. The van der Waals surface area contributed by atoms with Crippen LogP contribution in [0.4, 0.5) is 0 Å². The smallest absolute Gasteiger partial charge is 0.253 e. The molecule has 0 saturated carbocycles. The van der Waals surface area contributed by atoms with E-state index in [1.54, 1.807) is 55.6 Å². The standard InChI is InChI=1S/C29H29ClN4O4/c1-19-25(28(35)31-13-14-37-2)11-12-27-26(19)18-34(32-27)17-20-15-33(16-20)29(36)21-3-7-23(8-4-21)38-24-9-5-22(30)6-10-24/h3-12,18,20H,13-17H2,1-2H3,(H,31,35). The second-order valence-corrected chi connectivity index (χ2v) is 9.86. The molecule has 196 valence electrons. The molecule has 0 atom stereocenters. The fourth-order valence-electron chi connectivity index (χ4n) is 4.58. The highest BCUT2D eigenvalue weighted by atomic mass is 35.5. The quantitative estimate of drug-likeness (QED) is 0.309. The van der Waals surface area contributed by atoms with Gasteiger partial charge in [-0.05, 0) is 73.2 Å². The number of hydrogen-bond donors (Lipinski definition) is 1. The highest BCUT2D eigenvalue weighted by Gasteiger charge is 2.31. The first kappa shape index (κ1) is 25.8. The van der Waals surface area contributed by atoms with Crippen molar-refractivity contribution in [2.75, 3.05) is 33.4 Å². The van der Waals surface area contributed by atoms with Crippen LogP contribution in [0.2, 0.25) is 5.02 Å². The van der Waals surface area contributed by atoms with Gasteiger partial charge in [0, 0.05) is 66.9 Å². The van der Waals surface area contributed by atoms with Gasteiger partial charge < -0.3 is 19.7 Å². The Labute approximate surface area is 226 Å². The van der Waals surface area contributed by atoms with Crippen LogP contribution in [-0.2, 0) is 11.3 Å². The Kier molecular flexibility index (Phi) is 7.62. The Morgan fingerprint density at radius 2 is 1.71 bits per heavy atom. The first-order valence-electron chi connectivity index (χ1n) is 12.5. The number of nitrogens with one attached hydrogen (secondary N) is 1. The van der Waals surface area contributed by atoms with Crippen LogP contribution in [0, 0.1) is 12.8 Å². The number of amides is 2. The maximum atomic E-state index is 12.9. The highest BCUT2D eigenvalue weighted by Crippen LogP contribution is 2.26. The number of nitrogens with zero attached hydrogens (tertiary/aromatic N) is 3. The van der Waals surface area contributed by atoms with E-state index in [2.05, 4.69) is 10.4 Å². The molecule has 8 nitrogen and oxygen atoms in total. The van der Waals surface area contributed by atoms with Gasteiger partial charge in [0.1, 0.15) is 11.5 Å². The van der Waals surface area contributed by atoms with E-state index in [-0.39, 0.29) is 11.8 Å². The van der Waals surface area contributed by atoms with E-state index in [0.717, 1.165) is 16.5 Å². The zero-order valence-electron chi connectivity index (χ0n) is 21.3. The van der Waals surface area contributed by atoms with Gasteiger partial charge in [-0.3, -0.25) is 14.3 Å². The summed E-state index contributed by atoms with van der Waals surface area (Å²) < 4.78 is 12.7. The van der Waals surface area contributed by atoms with Gasteiger partial charge in [0.05, 0.1) is 12.1 Å². The van der Waals surface area contributed by atoms with Gasteiger partial charge >= 0.3 is 0 Å². The van der Waals surface area contributed by atoms with Crippen LogP contribution in [0.15, 0.2) is 66.9 Å². The number of rotatable bonds is 9. The van der Waals surface area contributed by atoms with Gasteiger partial charge in [0.15, 0.2) is 0 Å². The molecule has 1 aliphatic heterocycles. The highest BCUT2D eigenvalue weighted by molar-refractivity contribution is 6.30. The van der Waals surface area contributed by atoms with Crippen molar-refractivity contribution in [3.8, 4) is 11.5 Å². The van der Waals surface area contributed by atoms with Crippen LogP contribution in [0.5, 0.6) is 11.5 Å². The minimum absolute atomic E-state index is 0.00453. The van der Waals surface area contributed by atoms with Crippen molar-refractivity contribution in [3.63, 3.8) is 0 Å². The fourth-order valence-corrected chi connectivity index (χ4v) is 4.71. The third kappa shape index (κ3) is 5.66. The summed E-state index contributed by atoms with van der Waals surface area (Å²) in [6.07, 6.45) is 1.99. The summed E-state index contributed by atoms with van der Waals surface area (Å²) in [5.74, 6) is 1.54. The second kappa shape index (κ2) is 11.2. The van der Waals surface area contributed by atoms with Crippen LogP contribution in [0.3, 0.4) is 0 Å². The van der Waals surface area contributed by atoms with E-state index >= 15 is 0 Å². The first-order chi connectivity index (χ1) is 18.4. The Morgan fingerprint density at radius 3 is 2.39 bits per heavy atom. The number of methoxy groups -OCH3 is 1. The van der Waals surface area contributed by atoms with E-state index in [1.165, 1.54) is 0 Å². The molecule has 0 aliphatic carbocycles. The largest absolute Gasteiger partial charge is 0.457 e. The average molecular weight is 533 g/mol. The van der Waals surface area contributed by atoms with Gasteiger partial charge in [0.2, 0.25) is 0 Å². The molecule has 1 N–H and O–H groups in total. The molecule has 0 spiro atoms. The normalized spacial score (nSPS) is 13.4. The maximum absolute atomic E-state index is 12.9. The van der Waals surface area contributed by atoms with Crippen LogP contribution in [0.25, 0.3) is 10.9 Å². The molecule has 3 aromatic carbocycles. The molecule has 1 fully saturated rings. The Morgan fingerprint density at radius 1 is 1.03 bits per heavy atom. The van der Waals surface area contributed by atoms with E-state index in [9.17, 15) is 9.59 Å². The van der Waals surface area contributed by atoms with Crippen molar-refractivity contribution in [2.24, 2.45) is 5.92 Å². The summed E-state index contributed by atoms with van der Waals surface area (Å²) in [6, 6.07) is 18.0. The summed E-state index contributed by atoms with van der Waals surface area (Å²) in [6.45, 7) is 4.92. The number of carbonyl (C=O) groups excluding carboxylic acids is 2. The first-order valence-corrected chi connectivity index (χ1v) is 12.9. The number of carbonyl (C=O) groups is 2. The third-order valence-corrected chi connectivity index (χ3v) is 6.93. The minimum Gasteiger partial charge on any atom is -0.457 e. The van der Waals surface area contributed by atoms with E-state index in [4.69, 9.17) is 21.1 Å². The molecular formula is C29H29ClN4O4. The molecule has 5 rings (SSSR count). The molecule has 0 radical (unpaired) electrons. The van der Waals surface area contributed by atoms with Crippen molar-refractivity contribution in [1.29, 1.82) is 0 Å². The Balaban J connectivity index is 1.15. The van der Waals surface area contributed by atoms with E-state index < -0.39 is 0 Å². The molecule has 2 amide bonds. The minimum atomic E-state index is -0.119. The van der Waals surface area contributed by atoms with Crippen molar-refractivity contribution in [3.05, 3.63) is 88.6 Å². The van der Waals surface area contributed by atoms with Crippen LogP contribution < -0.4 is 10.1 Å². The molecule has 0 bridgehead atoms. The number of halogens is 1. The monoisotopic (exact) mass is 532 g/mol. The molecule has 4 aromatic rings. The lowest BCUT2D eigenvalue weighted by atomic mass is 9.99. The van der Waals surface area contributed by atoms with E-state index in [1.807, 2.05) is 34.8 Å². The number of aromatic nitrogens is 2. The molecular weight excluding hydrogens is 504 g/mol. The number of fused-ring (bicyclic) bond motifs is 1. The SMILES string of the molecule is COCCNC(=O)c1ccc2nn(CC3CN(C(=O)c4ccc(Oc5ccc(Cl)cc5)cc4)C3)cc2c1C. The Bertz CT molecular complexity index is 1440. The van der Waals surface area contributed by atoms with Crippen LogP contribution >= 0.6 is 11.6 Å². The van der Waals surface area contributed by atoms with Gasteiger partial charge in [-0.2, -0.15) is 5.10 Å². The fraction of sp³-hybridized carbons (Fsp3) is 0.276. The lowest BCUT2D eigenvalue weighted by molar-refractivity contribution is 0.0462. The molecule has 1 aromatic heterocycles. The van der Waals surface area contributed by atoms with Crippen LogP contribution in [0.1, 0.15) is 26.3 Å². The predicted molar refractivity (Wildman–Crippen MR) is 146 cm³/mol. The number of likely N-dealkylation sites (tertiary alicyclic amines) is 1. The topological polar surface area (TPSA) is 85.7 Å². The Hall–Kier alpha value is -3.88. The zero-order chi connectivity index (χ0) is 26.6. The summed E-state index contributed by atoms with van der Waals surface area (Å²) in [4.78, 5) is 27.3. The van der Waals surface area contributed by atoms with Crippen molar-refractivity contribution >= 4 is 34.3 Å². The number of benzene rings is 3. The lowest BCUT2D eigenvalue weighted by Gasteiger charge is -2.39. The molecule has 2 heterocycles. The zero-order valence-corrected chi connectivity index (χ0v) is 22.1. The van der Waals surface area contributed by atoms with Gasteiger partial charge in [-0.25, -0.2) is 0 Å². The van der Waals surface area contributed by atoms with Crippen molar-refractivity contribution in [1.82, 2.24) is 20.0 Å². The maximum Gasteiger partial charge on any atom is 0.253 e. The number of aryl methyl sites for hydroxylation is 1.